The van der Waals surface area contributed by atoms with Crippen molar-refractivity contribution < 1.29 is 27.6 Å². The maximum atomic E-state index is 13.5. The van der Waals surface area contributed by atoms with E-state index in [-0.39, 0.29) is 41.7 Å². The number of piperidine rings is 2. The molecule has 10 nitrogen and oxygen atoms in total. The first-order valence-corrected chi connectivity index (χ1v) is 18.7. The second kappa shape index (κ2) is 12.4. The van der Waals surface area contributed by atoms with E-state index < -0.39 is 27.5 Å². The Morgan fingerprint density at radius 3 is 2.48 bits per heavy atom. The molecule has 0 aromatic heterocycles. The average Bonchev–Trinajstić information content (AvgIpc) is 3.33. The highest BCUT2D eigenvalue weighted by Crippen LogP contribution is 2.45. The fourth-order valence-electron chi connectivity index (χ4n) is 8.32. The van der Waals surface area contributed by atoms with Crippen LogP contribution < -0.4 is 15.5 Å². The van der Waals surface area contributed by atoms with Gasteiger partial charge in [0.2, 0.25) is 27.7 Å². The van der Waals surface area contributed by atoms with Crippen molar-refractivity contribution in [3.63, 3.8) is 0 Å². The molecule has 11 heteroatoms. The zero-order chi connectivity index (χ0) is 33.8. The number of amides is 4. The number of hydrogen-bond acceptors (Lipinski definition) is 6. The van der Waals surface area contributed by atoms with E-state index in [1.54, 1.807) is 39.5 Å². The summed E-state index contributed by atoms with van der Waals surface area (Å²) in [7, 11) is -3.51. The second-order valence-electron chi connectivity index (χ2n) is 14.4. The lowest BCUT2D eigenvalue weighted by Gasteiger charge is -2.41. The Morgan fingerprint density at radius 2 is 1.73 bits per heavy atom. The van der Waals surface area contributed by atoms with Gasteiger partial charge in [0.25, 0.3) is 5.91 Å². The van der Waals surface area contributed by atoms with E-state index in [0.29, 0.717) is 48.3 Å². The lowest BCUT2D eigenvalue weighted by atomic mass is 9.77. The summed E-state index contributed by atoms with van der Waals surface area (Å²) < 4.78 is 28.3. The highest BCUT2D eigenvalue weighted by molar-refractivity contribution is 7.88. The van der Waals surface area contributed by atoms with Gasteiger partial charge >= 0.3 is 0 Å². The number of imide groups is 1. The Labute approximate surface area is 281 Å². The first-order valence-electron chi connectivity index (χ1n) is 17.1. The zero-order valence-electron chi connectivity index (χ0n) is 27.5. The smallest absolute Gasteiger partial charge is 0.259 e. The predicted octanol–water partition coefficient (Wildman–Crippen LogP) is 5.61. The second-order valence-corrected chi connectivity index (χ2v) is 16.3. The van der Waals surface area contributed by atoms with Gasteiger partial charge in [0.1, 0.15) is 6.04 Å². The zero-order valence-corrected chi connectivity index (χ0v) is 28.3. The fraction of sp³-hybridized carbons (Fsp3) is 0.459. The molecule has 3 aromatic rings. The van der Waals surface area contributed by atoms with Crippen LogP contribution in [0, 0.1) is 5.92 Å². The Balaban J connectivity index is 1.02. The number of benzene rings is 3. The highest BCUT2D eigenvalue weighted by atomic mass is 32.2. The molecule has 4 amide bonds. The van der Waals surface area contributed by atoms with Gasteiger partial charge in [0, 0.05) is 41.1 Å². The van der Waals surface area contributed by atoms with Crippen molar-refractivity contribution in [3.05, 3.63) is 71.3 Å². The summed E-state index contributed by atoms with van der Waals surface area (Å²) in [4.78, 5) is 52.9. The monoisotopic (exact) mass is 670 g/mol. The molecule has 0 bridgehead atoms. The highest BCUT2D eigenvalue weighted by Gasteiger charge is 2.42. The Bertz CT molecular complexity index is 1930. The molecule has 1 saturated carbocycles. The fourth-order valence-corrected chi connectivity index (χ4v) is 10.3. The van der Waals surface area contributed by atoms with Crippen LogP contribution in [-0.4, -0.2) is 54.5 Å². The van der Waals surface area contributed by atoms with E-state index in [1.165, 1.54) is 0 Å². The van der Waals surface area contributed by atoms with E-state index in [2.05, 4.69) is 16.7 Å². The van der Waals surface area contributed by atoms with Gasteiger partial charge in [-0.1, -0.05) is 36.8 Å². The molecule has 2 N–H and O–H groups in total. The van der Waals surface area contributed by atoms with Gasteiger partial charge in [-0.25, -0.2) is 8.42 Å². The summed E-state index contributed by atoms with van der Waals surface area (Å²) in [6, 6.07) is 16.1. The van der Waals surface area contributed by atoms with Crippen molar-refractivity contribution in [3.8, 4) is 0 Å². The molecule has 3 aromatic carbocycles. The molecule has 3 fully saturated rings. The summed E-state index contributed by atoms with van der Waals surface area (Å²) in [5.41, 5.74) is 3.26. The van der Waals surface area contributed by atoms with Crippen molar-refractivity contribution in [1.82, 2.24) is 9.62 Å². The van der Waals surface area contributed by atoms with Crippen molar-refractivity contribution in [2.75, 3.05) is 16.8 Å². The standard InChI is InChI=1S/C37H42N4O6S/c1-37(2)19-3-4-20-40(37)48(46,47)22-23-7-5-8-26(21-23)38-34(43)25-13-11-24(12-14-25)27-15-16-30-33-28(27)9-6-10-29(33)36(45)41(30)31-17-18-32(42)39-35(31)44/h5-10,15-16,21,24-25,31H,3-4,11-14,17-20,22H2,1-2H3,(H,38,43)(H,39,42,44). The minimum atomic E-state index is -3.51. The summed E-state index contributed by atoms with van der Waals surface area (Å²) in [5, 5.41) is 7.25. The Hall–Kier alpha value is -4.09. The third kappa shape index (κ3) is 5.91. The van der Waals surface area contributed by atoms with E-state index in [9.17, 15) is 27.6 Å². The molecule has 252 valence electrons. The summed E-state index contributed by atoms with van der Waals surface area (Å²) >= 11 is 0. The Morgan fingerprint density at radius 1 is 0.958 bits per heavy atom. The lowest BCUT2D eigenvalue weighted by molar-refractivity contribution is -0.134. The number of carbonyl (C=O) groups is 4. The molecule has 1 atom stereocenters. The van der Waals surface area contributed by atoms with Crippen LogP contribution in [0.3, 0.4) is 0 Å². The normalized spacial score (nSPS) is 24.5. The first-order chi connectivity index (χ1) is 22.9. The van der Waals surface area contributed by atoms with Crippen LogP contribution >= 0.6 is 0 Å². The van der Waals surface area contributed by atoms with Gasteiger partial charge in [-0.15, -0.1) is 0 Å². The third-order valence-corrected chi connectivity index (χ3v) is 12.8. The summed E-state index contributed by atoms with van der Waals surface area (Å²) in [6.45, 7) is 4.51. The molecular weight excluding hydrogens is 628 g/mol. The van der Waals surface area contributed by atoms with E-state index in [0.717, 1.165) is 48.4 Å². The summed E-state index contributed by atoms with van der Waals surface area (Å²) in [6.07, 6.45) is 6.26. The number of nitrogens with one attached hydrogen (secondary N) is 2. The van der Waals surface area contributed by atoms with Gasteiger partial charge in [-0.05, 0) is 105 Å². The maximum Gasteiger partial charge on any atom is 0.259 e. The molecule has 0 spiro atoms. The van der Waals surface area contributed by atoms with Crippen molar-refractivity contribution in [2.45, 2.75) is 94.9 Å². The number of nitrogens with zero attached hydrogens (tertiary/aromatic N) is 2. The van der Waals surface area contributed by atoms with Gasteiger partial charge in [0.15, 0.2) is 0 Å². The maximum absolute atomic E-state index is 13.5. The number of rotatable bonds is 7. The number of carbonyl (C=O) groups excluding carboxylic acids is 4. The minimum absolute atomic E-state index is 0.0588. The molecule has 3 aliphatic heterocycles. The van der Waals surface area contributed by atoms with Crippen LogP contribution in [0.2, 0.25) is 0 Å². The van der Waals surface area contributed by atoms with Crippen molar-refractivity contribution in [1.29, 1.82) is 0 Å². The summed E-state index contributed by atoms with van der Waals surface area (Å²) in [5.74, 6) is -1.09. The predicted molar refractivity (Wildman–Crippen MR) is 184 cm³/mol. The van der Waals surface area contributed by atoms with Crippen LogP contribution in [0.4, 0.5) is 11.4 Å². The quantitative estimate of drug-likeness (QED) is 0.314. The molecule has 1 unspecified atom stereocenters. The molecule has 0 radical (unpaired) electrons. The van der Waals surface area contributed by atoms with Gasteiger partial charge < -0.3 is 5.32 Å². The molecule has 3 heterocycles. The van der Waals surface area contributed by atoms with Crippen LogP contribution in [0.1, 0.15) is 99.0 Å². The average molecular weight is 671 g/mol. The molecule has 1 aliphatic carbocycles. The molecule has 2 saturated heterocycles. The number of hydrogen-bond donors (Lipinski definition) is 2. The van der Waals surface area contributed by atoms with E-state index in [1.807, 2.05) is 32.0 Å². The third-order valence-electron chi connectivity index (χ3n) is 10.8. The van der Waals surface area contributed by atoms with E-state index >= 15 is 0 Å². The van der Waals surface area contributed by atoms with Crippen LogP contribution in [0.25, 0.3) is 10.8 Å². The topological polar surface area (TPSA) is 133 Å². The molecule has 48 heavy (non-hydrogen) atoms. The van der Waals surface area contributed by atoms with Gasteiger partial charge in [-0.3, -0.25) is 29.4 Å². The SMILES string of the molecule is CC1(C)CCCCN1S(=O)(=O)Cc1cccc(NC(=O)C2CCC(c3ccc4c5c(cccc35)C(=O)N4C3CCC(=O)NC3=O)CC2)c1. The first kappa shape index (κ1) is 32.5. The molecular formula is C37H42N4O6S. The molecule has 4 aliphatic rings. The van der Waals surface area contributed by atoms with Crippen molar-refractivity contribution >= 4 is 55.8 Å². The largest absolute Gasteiger partial charge is 0.326 e. The van der Waals surface area contributed by atoms with Gasteiger partial charge in [0.05, 0.1) is 11.4 Å². The van der Waals surface area contributed by atoms with E-state index in [4.69, 9.17) is 0 Å². The number of anilines is 2. The van der Waals surface area contributed by atoms with Crippen LogP contribution in [-0.2, 0) is 30.2 Å². The Kier molecular flexibility index (Phi) is 8.40. The molecule has 7 rings (SSSR count). The van der Waals surface area contributed by atoms with Crippen LogP contribution in [0.5, 0.6) is 0 Å². The van der Waals surface area contributed by atoms with Crippen LogP contribution in [0.15, 0.2) is 54.6 Å². The number of sulfonamides is 1. The van der Waals surface area contributed by atoms with Gasteiger partial charge in [-0.2, -0.15) is 4.31 Å². The minimum Gasteiger partial charge on any atom is -0.326 e. The van der Waals surface area contributed by atoms with Crippen molar-refractivity contribution in [2.24, 2.45) is 5.92 Å². The lowest BCUT2D eigenvalue weighted by Crippen LogP contribution is -2.53.